The van der Waals surface area contributed by atoms with Crippen molar-refractivity contribution >= 4 is 28.7 Å². The van der Waals surface area contributed by atoms with Crippen molar-refractivity contribution in [3.05, 3.63) is 81.4 Å². The smallest absolute Gasteiger partial charge is 0.307 e. The summed E-state index contributed by atoms with van der Waals surface area (Å²) in [6.45, 7) is 11.3. The van der Waals surface area contributed by atoms with Gasteiger partial charge in [-0.25, -0.2) is 4.85 Å². The molecule has 0 spiro atoms. The first kappa shape index (κ1) is 25.6. The Morgan fingerprint density at radius 3 is 2.56 bits per heavy atom. The second-order valence-electron chi connectivity index (χ2n) is 9.13. The third-order valence-electron chi connectivity index (χ3n) is 6.66. The van der Waals surface area contributed by atoms with Crippen LogP contribution in [0.25, 0.3) is 16.0 Å². The maximum atomic E-state index is 14.2. The number of imidazole rings is 1. The molecule has 196 valence electrons. The number of anilines is 1. The highest BCUT2D eigenvalue weighted by atomic mass is 16.5. The summed E-state index contributed by atoms with van der Waals surface area (Å²) in [6.07, 6.45) is 3.21. The zero-order valence-corrected chi connectivity index (χ0v) is 21.6. The summed E-state index contributed by atoms with van der Waals surface area (Å²) >= 11 is 0. The zero-order valence-electron chi connectivity index (χ0n) is 21.6. The number of nitrogens with zero attached hydrogens (tertiary/aromatic N) is 6. The number of rotatable bonds is 7. The van der Waals surface area contributed by atoms with Crippen LogP contribution >= 0.6 is 0 Å². The van der Waals surface area contributed by atoms with E-state index in [1.807, 2.05) is 4.57 Å². The van der Waals surface area contributed by atoms with E-state index in [0.717, 1.165) is 32.4 Å². The normalized spacial score (nSPS) is 13.0. The molecule has 1 fully saturated rings. The van der Waals surface area contributed by atoms with Gasteiger partial charge in [-0.2, -0.15) is 9.97 Å². The van der Waals surface area contributed by atoms with Crippen LogP contribution in [0.5, 0.6) is 11.8 Å². The maximum Gasteiger partial charge on any atom is 0.307 e. The van der Waals surface area contributed by atoms with Crippen LogP contribution in [0.2, 0.25) is 0 Å². The van der Waals surface area contributed by atoms with Gasteiger partial charge in [0.05, 0.1) is 18.7 Å². The van der Waals surface area contributed by atoms with Crippen LogP contribution in [0, 0.1) is 18.4 Å². The molecule has 0 aliphatic carbocycles. The number of fused-ring (bicyclic) bond motifs is 1. The summed E-state index contributed by atoms with van der Waals surface area (Å²) in [6, 6.07) is 13.5. The molecule has 1 amide bonds. The van der Waals surface area contributed by atoms with Gasteiger partial charge in [-0.1, -0.05) is 42.3 Å². The first-order chi connectivity index (χ1) is 19.0. The van der Waals surface area contributed by atoms with E-state index in [1.54, 1.807) is 55.5 Å². The first-order valence-corrected chi connectivity index (χ1v) is 12.7. The summed E-state index contributed by atoms with van der Waals surface area (Å²) in [5, 5.41) is 0. The number of piperidine rings is 1. The summed E-state index contributed by atoms with van der Waals surface area (Å²) in [7, 11) is 0. The fraction of sp³-hybridized carbons (Fsp3) is 0.276. The zero-order chi connectivity index (χ0) is 27.4. The number of amides is 1. The van der Waals surface area contributed by atoms with Crippen molar-refractivity contribution in [2.75, 3.05) is 18.0 Å². The molecule has 1 aliphatic heterocycles. The molecule has 0 radical (unpaired) electrons. The molecule has 1 saturated heterocycles. The monoisotopic (exact) mass is 521 g/mol. The van der Waals surface area contributed by atoms with Gasteiger partial charge in [-0.15, -0.1) is 5.92 Å². The van der Waals surface area contributed by atoms with E-state index >= 15 is 0 Å². The molecule has 2 aromatic heterocycles. The highest BCUT2D eigenvalue weighted by Crippen LogP contribution is 2.29. The van der Waals surface area contributed by atoms with Crippen molar-refractivity contribution in [2.24, 2.45) is 5.73 Å². The Bertz CT molecular complexity index is 1710. The Labute approximate surface area is 225 Å². The van der Waals surface area contributed by atoms with E-state index in [0.29, 0.717) is 22.7 Å². The van der Waals surface area contributed by atoms with Gasteiger partial charge in [-0.05, 0) is 43.9 Å². The molecule has 10 heteroatoms. The predicted octanol–water partition coefficient (Wildman–Crippen LogP) is 4.10. The number of carbonyl (C=O) groups is 1. The van der Waals surface area contributed by atoms with Crippen LogP contribution in [-0.2, 0) is 13.1 Å². The van der Waals surface area contributed by atoms with Gasteiger partial charge in [0.25, 0.3) is 11.5 Å². The van der Waals surface area contributed by atoms with Crippen molar-refractivity contribution in [3.8, 4) is 23.6 Å². The van der Waals surface area contributed by atoms with Crippen molar-refractivity contribution in [2.45, 2.75) is 39.3 Å². The molecule has 1 aliphatic rings. The Balaban J connectivity index is 1.74. The number of hydrogen-bond acceptors (Lipinski definition) is 6. The molecule has 10 nitrogen and oxygen atoms in total. The molecule has 39 heavy (non-hydrogen) atoms. The van der Waals surface area contributed by atoms with Gasteiger partial charge < -0.3 is 15.4 Å². The number of nitrogens with two attached hydrogens (primary N) is 1. The summed E-state index contributed by atoms with van der Waals surface area (Å²) in [5.74, 6) is 6.09. The van der Waals surface area contributed by atoms with Gasteiger partial charge in [0.2, 0.25) is 5.95 Å². The average Bonchev–Trinajstić information content (AvgIpc) is 3.33. The van der Waals surface area contributed by atoms with Crippen LogP contribution in [0.4, 0.5) is 11.6 Å². The average molecular weight is 522 g/mol. The molecule has 2 N–H and O–H groups in total. The quantitative estimate of drug-likeness (QED) is 0.290. The molecule has 0 bridgehead atoms. The fourth-order valence-corrected chi connectivity index (χ4v) is 4.73. The van der Waals surface area contributed by atoms with Crippen molar-refractivity contribution in [1.82, 2.24) is 19.1 Å². The van der Waals surface area contributed by atoms with Gasteiger partial charge >= 0.3 is 6.01 Å². The Morgan fingerprint density at radius 2 is 1.82 bits per heavy atom. The SMILES string of the molecule is [C-]#[N+]c1ccccc1Cn1c(Oc2ccccc2C(N)=O)nc2nc(N3CCCCC3)n(CC#CC)c2c1=O. The topological polar surface area (TPSA) is 113 Å². The number of primary amides is 1. The predicted molar refractivity (Wildman–Crippen MR) is 148 cm³/mol. The lowest BCUT2D eigenvalue weighted by molar-refractivity contribution is 0.0998. The number of hydrogen-bond donors (Lipinski definition) is 1. The van der Waals surface area contributed by atoms with Crippen molar-refractivity contribution in [3.63, 3.8) is 0 Å². The summed E-state index contributed by atoms with van der Waals surface area (Å²) in [5.41, 5.74) is 6.88. The number of para-hydroxylation sites is 2. The minimum atomic E-state index is -0.672. The maximum absolute atomic E-state index is 14.2. The van der Waals surface area contributed by atoms with Crippen LogP contribution in [0.1, 0.15) is 42.1 Å². The lowest BCUT2D eigenvalue weighted by Gasteiger charge is -2.27. The molecular formula is C29H27N7O3. The number of ether oxygens (including phenoxy) is 1. The molecule has 0 unspecified atom stereocenters. The van der Waals surface area contributed by atoms with Crippen LogP contribution in [-0.4, -0.2) is 38.1 Å². The van der Waals surface area contributed by atoms with E-state index in [2.05, 4.69) is 26.6 Å². The Kier molecular flexibility index (Phi) is 7.28. The third-order valence-corrected chi connectivity index (χ3v) is 6.66. The minimum Gasteiger partial charge on any atom is -0.425 e. The lowest BCUT2D eigenvalue weighted by Crippen LogP contribution is -2.32. The van der Waals surface area contributed by atoms with E-state index in [1.165, 1.54) is 4.57 Å². The number of benzene rings is 2. The molecule has 2 aromatic carbocycles. The van der Waals surface area contributed by atoms with Gasteiger partial charge in [0.15, 0.2) is 16.9 Å². The fourth-order valence-electron chi connectivity index (χ4n) is 4.73. The highest BCUT2D eigenvalue weighted by Gasteiger charge is 2.25. The van der Waals surface area contributed by atoms with E-state index in [4.69, 9.17) is 22.0 Å². The van der Waals surface area contributed by atoms with Crippen LogP contribution in [0.15, 0.2) is 53.3 Å². The first-order valence-electron chi connectivity index (χ1n) is 12.7. The van der Waals surface area contributed by atoms with Gasteiger partial charge in [0.1, 0.15) is 5.75 Å². The van der Waals surface area contributed by atoms with E-state index in [-0.39, 0.29) is 41.6 Å². The largest absolute Gasteiger partial charge is 0.425 e. The van der Waals surface area contributed by atoms with E-state index in [9.17, 15) is 9.59 Å². The van der Waals surface area contributed by atoms with Gasteiger partial charge in [-0.3, -0.25) is 18.7 Å². The number of aromatic nitrogens is 4. The molecule has 0 saturated carbocycles. The van der Waals surface area contributed by atoms with Crippen molar-refractivity contribution < 1.29 is 9.53 Å². The summed E-state index contributed by atoms with van der Waals surface area (Å²) < 4.78 is 9.27. The van der Waals surface area contributed by atoms with Crippen molar-refractivity contribution in [1.29, 1.82) is 0 Å². The molecular weight excluding hydrogens is 494 g/mol. The van der Waals surface area contributed by atoms with E-state index < -0.39 is 5.91 Å². The Morgan fingerprint density at radius 1 is 1.08 bits per heavy atom. The molecule has 4 aromatic rings. The minimum absolute atomic E-state index is 0.0259. The van der Waals surface area contributed by atoms with Crippen LogP contribution < -0.4 is 20.9 Å². The van der Waals surface area contributed by atoms with Crippen LogP contribution in [0.3, 0.4) is 0 Å². The second-order valence-corrected chi connectivity index (χ2v) is 9.13. The Hall–Kier alpha value is -5.09. The molecule has 0 atom stereocenters. The third kappa shape index (κ3) is 5.05. The molecule has 5 rings (SSSR count). The highest BCUT2D eigenvalue weighted by molar-refractivity contribution is 5.95. The van der Waals surface area contributed by atoms with Gasteiger partial charge in [0, 0.05) is 19.6 Å². The number of carbonyl (C=O) groups excluding carboxylic acids is 1. The lowest BCUT2D eigenvalue weighted by atomic mass is 10.1. The standard InChI is InChI=1S/C29H27N7O3/c1-3-4-18-35-24-26(32-28(35)34-16-10-5-11-17-34)33-29(39-23-15-9-7-13-21(23)25(30)37)36(27(24)38)19-20-12-6-8-14-22(20)31-2/h6-9,12-15H,5,10-11,16-19H2,1H3,(H2,30,37). The summed E-state index contributed by atoms with van der Waals surface area (Å²) in [4.78, 5) is 41.4. The second kappa shape index (κ2) is 11.1. The molecule has 3 heterocycles.